The number of anilines is 1. The van der Waals surface area contributed by atoms with Gasteiger partial charge in [-0.15, -0.1) is 0 Å². The van der Waals surface area contributed by atoms with Crippen LogP contribution in [0.1, 0.15) is 24.3 Å². The summed E-state index contributed by atoms with van der Waals surface area (Å²) in [5.74, 6) is 0.199. The third-order valence-electron chi connectivity index (χ3n) is 3.73. The fourth-order valence-electron chi connectivity index (χ4n) is 2.39. The highest BCUT2D eigenvalue weighted by Gasteiger charge is 2.20. The summed E-state index contributed by atoms with van der Waals surface area (Å²) in [6, 6.07) is 10.2. The minimum atomic E-state index is -0.670. The zero-order valence-electron chi connectivity index (χ0n) is 14.1. The lowest BCUT2D eigenvalue weighted by molar-refractivity contribution is 0.121. The Morgan fingerprint density at radius 3 is 2.77 bits per heavy atom. The number of ether oxygens (including phenoxy) is 1. The van der Waals surface area contributed by atoms with E-state index in [9.17, 15) is 9.90 Å². The molecule has 0 saturated heterocycles. The molecule has 8 heteroatoms. The Labute approximate surface area is 154 Å². The SMILES string of the molecule is Cc1noc(-c2ccc(O)nc2)c1NC(=O)OC(C)c1ccccc1Cl. The van der Waals surface area contributed by atoms with Crippen LogP contribution in [0.15, 0.2) is 47.1 Å². The van der Waals surface area contributed by atoms with Gasteiger partial charge >= 0.3 is 6.09 Å². The summed E-state index contributed by atoms with van der Waals surface area (Å²) in [6.45, 7) is 3.42. The van der Waals surface area contributed by atoms with Gasteiger partial charge in [-0.05, 0) is 26.0 Å². The molecule has 0 radical (unpaired) electrons. The first-order chi connectivity index (χ1) is 12.5. The van der Waals surface area contributed by atoms with E-state index in [1.807, 2.05) is 6.07 Å². The first kappa shape index (κ1) is 17.8. The molecule has 2 heterocycles. The van der Waals surface area contributed by atoms with Gasteiger partial charge in [-0.2, -0.15) is 0 Å². The van der Waals surface area contributed by atoms with Crippen LogP contribution >= 0.6 is 11.6 Å². The molecule has 2 N–H and O–H groups in total. The quantitative estimate of drug-likeness (QED) is 0.687. The van der Waals surface area contributed by atoms with Gasteiger partial charge in [0.25, 0.3) is 0 Å². The summed E-state index contributed by atoms with van der Waals surface area (Å²) in [5, 5.41) is 16.3. The number of aryl methyl sites for hydroxylation is 1. The Kier molecular flexibility index (Phi) is 5.09. The van der Waals surface area contributed by atoms with Gasteiger partial charge in [0.15, 0.2) is 5.76 Å². The highest BCUT2D eigenvalue weighted by atomic mass is 35.5. The molecule has 1 atom stereocenters. The number of pyridine rings is 1. The normalized spacial score (nSPS) is 11.8. The number of benzene rings is 1. The Morgan fingerprint density at radius 1 is 1.31 bits per heavy atom. The van der Waals surface area contributed by atoms with Crippen LogP contribution in [0.4, 0.5) is 10.5 Å². The molecule has 3 aromatic rings. The zero-order chi connectivity index (χ0) is 18.7. The molecule has 0 aliphatic rings. The Balaban J connectivity index is 1.77. The Bertz CT molecular complexity index is 924. The summed E-state index contributed by atoms with van der Waals surface area (Å²) in [6.07, 6.45) is 0.206. The minimum absolute atomic E-state index is 0.118. The highest BCUT2D eigenvalue weighted by molar-refractivity contribution is 6.31. The van der Waals surface area contributed by atoms with Gasteiger partial charge in [0.1, 0.15) is 17.5 Å². The van der Waals surface area contributed by atoms with Crippen LogP contribution in [-0.4, -0.2) is 21.3 Å². The number of nitrogens with one attached hydrogen (secondary N) is 1. The number of carbonyl (C=O) groups excluding carboxylic acids is 1. The van der Waals surface area contributed by atoms with E-state index in [-0.39, 0.29) is 5.88 Å². The molecule has 0 fully saturated rings. The topological polar surface area (TPSA) is 97.5 Å². The van der Waals surface area contributed by atoms with Crippen LogP contribution in [0.25, 0.3) is 11.3 Å². The second kappa shape index (κ2) is 7.45. The van der Waals surface area contributed by atoms with Crippen molar-refractivity contribution in [2.75, 3.05) is 5.32 Å². The fraction of sp³-hybridized carbons (Fsp3) is 0.167. The Morgan fingerprint density at radius 2 is 2.08 bits per heavy atom. The van der Waals surface area contributed by atoms with E-state index in [1.54, 1.807) is 38.1 Å². The van der Waals surface area contributed by atoms with Crippen molar-refractivity contribution < 1.29 is 19.2 Å². The first-order valence-corrected chi connectivity index (χ1v) is 8.17. The molecule has 0 spiro atoms. The lowest BCUT2D eigenvalue weighted by atomic mass is 10.1. The van der Waals surface area contributed by atoms with Crippen molar-refractivity contribution >= 4 is 23.4 Å². The van der Waals surface area contributed by atoms with Crippen molar-refractivity contribution in [3.8, 4) is 17.2 Å². The van der Waals surface area contributed by atoms with Crippen molar-refractivity contribution in [3.63, 3.8) is 0 Å². The maximum atomic E-state index is 12.3. The van der Waals surface area contributed by atoms with E-state index in [0.29, 0.717) is 33.3 Å². The van der Waals surface area contributed by atoms with Gasteiger partial charge in [0.2, 0.25) is 5.88 Å². The Hall–Kier alpha value is -3.06. The lowest BCUT2D eigenvalue weighted by Gasteiger charge is -2.15. The average molecular weight is 374 g/mol. The van der Waals surface area contributed by atoms with E-state index in [0.717, 1.165) is 0 Å². The average Bonchev–Trinajstić information content (AvgIpc) is 2.96. The number of nitrogens with zero attached hydrogens (tertiary/aromatic N) is 2. The molecule has 0 bridgehead atoms. The molecule has 26 heavy (non-hydrogen) atoms. The van der Waals surface area contributed by atoms with E-state index >= 15 is 0 Å². The van der Waals surface area contributed by atoms with Gasteiger partial charge in [0, 0.05) is 28.4 Å². The second-order valence-corrected chi connectivity index (χ2v) is 5.98. The van der Waals surface area contributed by atoms with Crippen molar-refractivity contribution in [3.05, 3.63) is 58.9 Å². The molecule has 3 rings (SSSR count). The monoisotopic (exact) mass is 373 g/mol. The van der Waals surface area contributed by atoms with E-state index in [1.165, 1.54) is 12.3 Å². The molecule has 1 unspecified atom stereocenters. The van der Waals surface area contributed by atoms with Crippen molar-refractivity contribution in [2.45, 2.75) is 20.0 Å². The molecular formula is C18H16ClN3O4. The van der Waals surface area contributed by atoms with Crippen molar-refractivity contribution in [1.29, 1.82) is 0 Å². The van der Waals surface area contributed by atoms with Gasteiger partial charge in [-0.3, -0.25) is 5.32 Å². The summed E-state index contributed by atoms with van der Waals surface area (Å²) in [7, 11) is 0. The van der Waals surface area contributed by atoms with Crippen LogP contribution in [0.3, 0.4) is 0 Å². The molecule has 1 amide bonds. The number of aromatic hydroxyl groups is 1. The van der Waals surface area contributed by atoms with Crippen LogP contribution < -0.4 is 5.32 Å². The smallest absolute Gasteiger partial charge is 0.412 e. The second-order valence-electron chi connectivity index (χ2n) is 5.57. The van der Waals surface area contributed by atoms with Gasteiger partial charge < -0.3 is 14.4 Å². The predicted molar refractivity (Wildman–Crippen MR) is 96.1 cm³/mol. The third-order valence-corrected chi connectivity index (χ3v) is 4.07. The van der Waals surface area contributed by atoms with E-state index < -0.39 is 12.2 Å². The zero-order valence-corrected chi connectivity index (χ0v) is 14.8. The number of hydrogen-bond acceptors (Lipinski definition) is 6. The molecule has 134 valence electrons. The summed E-state index contributed by atoms with van der Waals surface area (Å²) < 4.78 is 10.7. The lowest BCUT2D eigenvalue weighted by Crippen LogP contribution is -2.17. The van der Waals surface area contributed by atoms with Gasteiger partial charge in [-0.25, -0.2) is 9.78 Å². The van der Waals surface area contributed by atoms with Gasteiger partial charge in [-0.1, -0.05) is 35.0 Å². The van der Waals surface area contributed by atoms with E-state index in [2.05, 4.69) is 15.5 Å². The molecule has 7 nitrogen and oxygen atoms in total. The third kappa shape index (κ3) is 3.78. The van der Waals surface area contributed by atoms with Crippen LogP contribution in [0.2, 0.25) is 5.02 Å². The summed E-state index contributed by atoms with van der Waals surface area (Å²) >= 11 is 6.12. The highest BCUT2D eigenvalue weighted by Crippen LogP contribution is 2.32. The number of hydrogen-bond donors (Lipinski definition) is 2. The van der Waals surface area contributed by atoms with Gasteiger partial charge in [0.05, 0.1) is 0 Å². The molecule has 1 aromatic carbocycles. The van der Waals surface area contributed by atoms with Crippen LogP contribution in [0, 0.1) is 6.92 Å². The number of rotatable bonds is 4. The molecule has 0 saturated carbocycles. The first-order valence-electron chi connectivity index (χ1n) is 7.79. The maximum Gasteiger partial charge on any atom is 0.412 e. The maximum absolute atomic E-state index is 12.3. The molecular weight excluding hydrogens is 358 g/mol. The number of halogens is 1. The summed E-state index contributed by atoms with van der Waals surface area (Å²) in [5.41, 5.74) is 2.11. The fourth-order valence-corrected chi connectivity index (χ4v) is 2.68. The van der Waals surface area contributed by atoms with Crippen molar-refractivity contribution in [1.82, 2.24) is 10.1 Å². The molecule has 0 aliphatic heterocycles. The largest absolute Gasteiger partial charge is 0.493 e. The minimum Gasteiger partial charge on any atom is -0.493 e. The van der Waals surface area contributed by atoms with Crippen LogP contribution in [0.5, 0.6) is 5.88 Å². The molecule has 2 aromatic heterocycles. The standard InChI is InChI=1S/C18H16ClN3O4/c1-10-16(17(26-22-10)12-7-8-15(23)20-9-12)21-18(24)25-11(2)13-5-3-4-6-14(13)19/h3-9,11H,1-2H3,(H,20,23)(H,21,24). The summed E-state index contributed by atoms with van der Waals surface area (Å²) in [4.78, 5) is 16.1. The van der Waals surface area contributed by atoms with Crippen LogP contribution in [-0.2, 0) is 4.74 Å². The number of aromatic nitrogens is 2. The predicted octanol–water partition coefficient (Wildman–Crippen LogP) is 4.71. The van der Waals surface area contributed by atoms with E-state index in [4.69, 9.17) is 20.9 Å². The number of amides is 1. The molecule has 0 aliphatic carbocycles. The van der Waals surface area contributed by atoms with Crippen molar-refractivity contribution in [2.24, 2.45) is 0 Å². The number of carbonyl (C=O) groups is 1.